The summed E-state index contributed by atoms with van der Waals surface area (Å²) < 4.78 is 5.46. The molecule has 2 rings (SSSR count). The molecular formula is C19H24ClNO. The minimum absolute atomic E-state index is 0.398. The van der Waals surface area contributed by atoms with E-state index < -0.39 is 0 Å². The van der Waals surface area contributed by atoms with Crippen LogP contribution in [0.3, 0.4) is 0 Å². The molecule has 1 atom stereocenters. The third kappa shape index (κ3) is 4.75. The second-order valence-corrected chi connectivity index (χ2v) is 5.89. The molecule has 0 bridgehead atoms. The molecule has 0 aliphatic carbocycles. The predicted molar refractivity (Wildman–Crippen MR) is 93.7 cm³/mol. The van der Waals surface area contributed by atoms with Crippen molar-refractivity contribution in [2.24, 2.45) is 0 Å². The van der Waals surface area contributed by atoms with Crippen LogP contribution in [0.5, 0.6) is 5.75 Å². The standard InChI is InChI=1S/C19H24ClNO/c1-16(14-18-10-6-7-11-19(18)22-2)21(13-12-20)15-17-8-4-3-5-9-17/h3-11,16H,12-15H2,1-2H3. The van der Waals surface area contributed by atoms with E-state index in [-0.39, 0.29) is 0 Å². The average molecular weight is 318 g/mol. The zero-order valence-electron chi connectivity index (χ0n) is 13.3. The Hall–Kier alpha value is -1.51. The second-order valence-electron chi connectivity index (χ2n) is 5.51. The zero-order chi connectivity index (χ0) is 15.8. The lowest BCUT2D eigenvalue weighted by Crippen LogP contribution is -2.35. The first-order valence-corrected chi connectivity index (χ1v) is 8.24. The Labute approximate surface area is 138 Å². The summed E-state index contributed by atoms with van der Waals surface area (Å²) in [7, 11) is 1.73. The van der Waals surface area contributed by atoms with Gasteiger partial charge < -0.3 is 4.74 Å². The molecule has 0 aliphatic heterocycles. The van der Waals surface area contributed by atoms with Crippen LogP contribution in [0.1, 0.15) is 18.1 Å². The van der Waals surface area contributed by atoms with Crippen LogP contribution in [0.4, 0.5) is 0 Å². The van der Waals surface area contributed by atoms with Crippen LogP contribution in [0.15, 0.2) is 54.6 Å². The van der Waals surface area contributed by atoms with Crippen LogP contribution in [0.2, 0.25) is 0 Å². The molecule has 0 heterocycles. The fourth-order valence-electron chi connectivity index (χ4n) is 2.70. The Kier molecular flexibility index (Phi) is 6.75. The van der Waals surface area contributed by atoms with E-state index in [1.807, 2.05) is 18.2 Å². The number of rotatable bonds is 8. The highest BCUT2D eigenvalue weighted by molar-refractivity contribution is 6.18. The lowest BCUT2D eigenvalue weighted by atomic mass is 10.0. The van der Waals surface area contributed by atoms with Gasteiger partial charge >= 0.3 is 0 Å². The molecule has 0 radical (unpaired) electrons. The molecule has 2 aromatic carbocycles. The van der Waals surface area contributed by atoms with Gasteiger partial charge in [0.1, 0.15) is 5.75 Å². The van der Waals surface area contributed by atoms with Crippen molar-refractivity contribution in [3.8, 4) is 5.75 Å². The highest BCUT2D eigenvalue weighted by atomic mass is 35.5. The van der Waals surface area contributed by atoms with Gasteiger partial charge in [-0.05, 0) is 30.5 Å². The number of halogens is 1. The first kappa shape index (κ1) is 16.9. The summed E-state index contributed by atoms with van der Waals surface area (Å²) >= 11 is 6.00. The van der Waals surface area contributed by atoms with Crippen molar-refractivity contribution in [3.05, 3.63) is 65.7 Å². The van der Waals surface area contributed by atoms with E-state index in [0.717, 1.165) is 25.3 Å². The third-order valence-corrected chi connectivity index (χ3v) is 4.10. The van der Waals surface area contributed by atoms with Gasteiger partial charge in [0.2, 0.25) is 0 Å². The SMILES string of the molecule is COc1ccccc1CC(C)N(CCCl)Cc1ccccc1. The summed E-state index contributed by atoms with van der Waals surface area (Å²) in [5, 5.41) is 0. The summed E-state index contributed by atoms with van der Waals surface area (Å²) in [5.74, 6) is 1.60. The van der Waals surface area contributed by atoms with Crippen molar-refractivity contribution in [3.63, 3.8) is 0 Å². The number of hydrogen-bond acceptors (Lipinski definition) is 2. The summed E-state index contributed by atoms with van der Waals surface area (Å²) in [6.07, 6.45) is 0.952. The number of benzene rings is 2. The number of nitrogens with zero attached hydrogens (tertiary/aromatic N) is 1. The number of alkyl halides is 1. The van der Waals surface area contributed by atoms with Gasteiger partial charge in [-0.2, -0.15) is 0 Å². The van der Waals surface area contributed by atoms with E-state index in [0.29, 0.717) is 11.9 Å². The molecule has 0 N–H and O–H groups in total. The van der Waals surface area contributed by atoms with Crippen LogP contribution in [0.25, 0.3) is 0 Å². The molecule has 22 heavy (non-hydrogen) atoms. The molecule has 2 aromatic rings. The Morgan fingerprint density at radius 1 is 1.05 bits per heavy atom. The van der Waals surface area contributed by atoms with Gasteiger partial charge in [-0.25, -0.2) is 0 Å². The van der Waals surface area contributed by atoms with Crippen LogP contribution in [-0.2, 0) is 13.0 Å². The van der Waals surface area contributed by atoms with Crippen molar-refractivity contribution >= 4 is 11.6 Å². The van der Waals surface area contributed by atoms with Gasteiger partial charge in [0.15, 0.2) is 0 Å². The fraction of sp³-hybridized carbons (Fsp3) is 0.368. The lowest BCUT2D eigenvalue weighted by Gasteiger charge is -2.29. The van der Waals surface area contributed by atoms with Gasteiger partial charge in [0, 0.05) is 25.0 Å². The van der Waals surface area contributed by atoms with Gasteiger partial charge in [-0.1, -0.05) is 48.5 Å². The van der Waals surface area contributed by atoms with Crippen LogP contribution < -0.4 is 4.74 Å². The Bertz CT molecular complexity index is 558. The minimum Gasteiger partial charge on any atom is -0.496 e. The van der Waals surface area contributed by atoms with Crippen molar-refractivity contribution in [2.45, 2.75) is 25.9 Å². The minimum atomic E-state index is 0.398. The van der Waals surface area contributed by atoms with E-state index in [1.165, 1.54) is 11.1 Å². The molecule has 118 valence electrons. The normalized spacial score (nSPS) is 12.4. The first-order chi connectivity index (χ1) is 10.7. The van der Waals surface area contributed by atoms with E-state index in [4.69, 9.17) is 16.3 Å². The largest absolute Gasteiger partial charge is 0.496 e. The Morgan fingerprint density at radius 3 is 2.41 bits per heavy atom. The van der Waals surface area contributed by atoms with Gasteiger partial charge in [-0.15, -0.1) is 11.6 Å². The lowest BCUT2D eigenvalue weighted by molar-refractivity contribution is 0.210. The van der Waals surface area contributed by atoms with Crippen LogP contribution in [-0.4, -0.2) is 30.5 Å². The zero-order valence-corrected chi connectivity index (χ0v) is 14.1. The first-order valence-electron chi connectivity index (χ1n) is 7.70. The summed E-state index contributed by atoms with van der Waals surface area (Å²) in [6.45, 7) is 4.05. The van der Waals surface area contributed by atoms with Crippen molar-refractivity contribution in [1.82, 2.24) is 4.90 Å². The van der Waals surface area contributed by atoms with E-state index in [1.54, 1.807) is 7.11 Å². The summed E-state index contributed by atoms with van der Waals surface area (Å²) in [6, 6.07) is 19.2. The summed E-state index contributed by atoms with van der Waals surface area (Å²) in [4.78, 5) is 2.43. The van der Waals surface area contributed by atoms with Crippen molar-refractivity contribution in [2.75, 3.05) is 19.5 Å². The van der Waals surface area contributed by atoms with Gasteiger partial charge in [-0.3, -0.25) is 4.90 Å². The molecule has 3 heteroatoms. The Balaban J connectivity index is 2.07. The quantitative estimate of drug-likeness (QED) is 0.670. The predicted octanol–water partition coefficient (Wildman–Crippen LogP) is 4.37. The smallest absolute Gasteiger partial charge is 0.122 e. The van der Waals surface area contributed by atoms with E-state index >= 15 is 0 Å². The molecule has 0 saturated carbocycles. The van der Waals surface area contributed by atoms with Crippen LogP contribution in [0, 0.1) is 0 Å². The number of para-hydroxylation sites is 1. The molecular weight excluding hydrogens is 294 g/mol. The summed E-state index contributed by atoms with van der Waals surface area (Å²) in [5.41, 5.74) is 2.56. The molecule has 0 spiro atoms. The molecule has 2 nitrogen and oxygen atoms in total. The third-order valence-electron chi connectivity index (χ3n) is 3.93. The molecule has 0 saturated heterocycles. The van der Waals surface area contributed by atoms with E-state index in [2.05, 4.69) is 48.2 Å². The maximum absolute atomic E-state index is 6.00. The van der Waals surface area contributed by atoms with E-state index in [9.17, 15) is 0 Å². The molecule has 0 aliphatic rings. The number of methoxy groups -OCH3 is 1. The van der Waals surface area contributed by atoms with Crippen LogP contribution >= 0.6 is 11.6 Å². The topological polar surface area (TPSA) is 12.5 Å². The second kappa shape index (κ2) is 8.82. The molecule has 0 aromatic heterocycles. The maximum Gasteiger partial charge on any atom is 0.122 e. The number of hydrogen-bond donors (Lipinski definition) is 0. The van der Waals surface area contributed by atoms with Crippen molar-refractivity contribution < 1.29 is 4.74 Å². The fourth-order valence-corrected chi connectivity index (χ4v) is 2.92. The highest BCUT2D eigenvalue weighted by Crippen LogP contribution is 2.21. The Morgan fingerprint density at radius 2 is 1.73 bits per heavy atom. The van der Waals surface area contributed by atoms with Gasteiger partial charge in [0.25, 0.3) is 0 Å². The van der Waals surface area contributed by atoms with Crippen molar-refractivity contribution in [1.29, 1.82) is 0 Å². The molecule has 1 unspecified atom stereocenters. The number of ether oxygens (including phenoxy) is 1. The average Bonchev–Trinajstić information content (AvgIpc) is 2.56. The van der Waals surface area contributed by atoms with Gasteiger partial charge in [0.05, 0.1) is 7.11 Å². The molecule has 0 amide bonds. The maximum atomic E-state index is 6.00. The monoisotopic (exact) mass is 317 g/mol. The highest BCUT2D eigenvalue weighted by Gasteiger charge is 2.16. The molecule has 0 fully saturated rings.